The third kappa shape index (κ3) is 4.18. The van der Waals surface area contributed by atoms with Gasteiger partial charge in [-0.1, -0.05) is 0 Å². The molecule has 0 spiro atoms. The molecule has 0 aliphatic carbocycles. The molecule has 0 bridgehead atoms. The molecule has 126 valence electrons. The van der Waals surface area contributed by atoms with Crippen LogP contribution in [-0.2, 0) is 16.6 Å². The number of hydrogen-bond acceptors (Lipinski definition) is 7. The highest BCUT2D eigenvalue weighted by Gasteiger charge is 2.28. The predicted octanol–water partition coefficient (Wildman–Crippen LogP) is 1.05. The van der Waals surface area contributed by atoms with E-state index in [-0.39, 0.29) is 17.3 Å². The Balaban J connectivity index is 0.00000192. The maximum Gasteiger partial charge on any atom is 0.244 e. The smallest absolute Gasteiger partial charge is 0.244 e. The summed E-state index contributed by atoms with van der Waals surface area (Å²) in [7, 11) is -3.44. The van der Waals surface area contributed by atoms with Gasteiger partial charge in [-0.2, -0.15) is 4.31 Å². The second-order valence-electron chi connectivity index (χ2n) is 5.03. The van der Waals surface area contributed by atoms with E-state index >= 15 is 0 Å². The van der Waals surface area contributed by atoms with E-state index in [9.17, 15) is 8.42 Å². The van der Waals surface area contributed by atoms with Crippen LogP contribution in [0.2, 0.25) is 0 Å². The number of aromatic nitrogens is 2. The van der Waals surface area contributed by atoms with Crippen LogP contribution in [0.3, 0.4) is 0 Å². The van der Waals surface area contributed by atoms with Crippen LogP contribution >= 0.6 is 23.7 Å². The molecule has 0 atom stereocenters. The molecule has 3 rings (SSSR count). The summed E-state index contributed by atoms with van der Waals surface area (Å²) >= 11 is 1.47. The molecule has 2 aromatic rings. The third-order valence-corrected chi connectivity index (χ3v) is 6.25. The van der Waals surface area contributed by atoms with Crippen molar-refractivity contribution in [3.63, 3.8) is 0 Å². The van der Waals surface area contributed by atoms with Crippen molar-refractivity contribution >= 4 is 38.9 Å². The van der Waals surface area contributed by atoms with Crippen molar-refractivity contribution in [3.05, 3.63) is 35.6 Å². The molecule has 2 aromatic heterocycles. The maximum absolute atomic E-state index is 12.5. The van der Waals surface area contributed by atoms with Crippen LogP contribution in [0.5, 0.6) is 0 Å². The molecule has 3 heterocycles. The lowest BCUT2D eigenvalue weighted by Crippen LogP contribution is -2.48. The number of piperazine rings is 1. The van der Waals surface area contributed by atoms with Crippen molar-refractivity contribution in [2.75, 3.05) is 31.9 Å². The fourth-order valence-corrected chi connectivity index (χ4v) is 4.51. The van der Waals surface area contributed by atoms with Crippen molar-refractivity contribution in [2.24, 2.45) is 0 Å². The number of nitrogens with zero attached hydrogens (tertiary/aromatic N) is 4. The number of nitrogens with two attached hydrogens (primary N) is 1. The predicted molar refractivity (Wildman–Crippen MR) is 92.0 cm³/mol. The van der Waals surface area contributed by atoms with Crippen LogP contribution < -0.4 is 5.73 Å². The molecule has 0 radical (unpaired) electrons. The molecular weight excluding hydrogens is 358 g/mol. The van der Waals surface area contributed by atoms with Gasteiger partial charge >= 0.3 is 0 Å². The van der Waals surface area contributed by atoms with E-state index in [2.05, 4.69) is 14.9 Å². The normalized spacial score (nSPS) is 16.9. The summed E-state index contributed by atoms with van der Waals surface area (Å²) in [6.45, 7) is 3.10. The molecule has 0 aromatic carbocycles. The Morgan fingerprint density at radius 2 is 1.96 bits per heavy atom. The molecule has 0 amide bonds. The third-order valence-electron chi connectivity index (χ3n) is 3.55. The van der Waals surface area contributed by atoms with E-state index in [1.54, 1.807) is 24.5 Å². The summed E-state index contributed by atoms with van der Waals surface area (Å²) < 4.78 is 26.5. The lowest BCUT2D eigenvalue weighted by molar-refractivity contribution is 0.183. The van der Waals surface area contributed by atoms with E-state index in [0.717, 1.165) is 11.4 Å². The second kappa shape index (κ2) is 7.54. The molecule has 2 N–H and O–H groups in total. The Labute approximate surface area is 145 Å². The van der Waals surface area contributed by atoms with Gasteiger partial charge in [-0.25, -0.2) is 13.4 Å². The number of pyridine rings is 1. The minimum Gasteiger partial charge on any atom is -0.375 e. The van der Waals surface area contributed by atoms with Crippen molar-refractivity contribution in [2.45, 2.75) is 11.4 Å². The molecule has 10 heteroatoms. The number of halogens is 1. The first kappa shape index (κ1) is 18.1. The number of anilines is 1. The quantitative estimate of drug-likeness (QED) is 0.858. The summed E-state index contributed by atoms with van der Waals surface area (Å²) in [6.07, 6.45) is 4.73. The molecule has 1 aliphatic rings. The van der Waals surface area contributed by atoms with E-state index < -0.39 is 10.0 Å². The van der Waals surface area contributed by atoms with Crippen molar-refractivity contribution in [1.29, 1.82) is 0 Å². The van der Waals surface area contributed by atoms with Gasteiger partial charge in [-0.15, -0.1) is 23.7 Å². The molecular formula is C13H18ClN5O2S2. The SMILES string of the molecule is Cl.Nc1ncc(CN2CCN(S(=O)(=O)c3cccnc3)CC2)s1. The zero-order valence-electron chi connectivity index (χ0n) is 12.3. The molecule has 1 saturated heterocycles. The number of hydrogen-bond donors (Lipinski definition) is 1. The number of thiazole rings is 1. The highest BCUT2D eigenvalue weighted by atomic mass is 35.5. The van der Waals surface area contributed by atoms with Crippen molar-refractivity contribution in [1.82, 2.24) is 19.2 Å². The van der Waals surface area contributed by atoms with E-state index in [1.165, 1.54) is 21.8 Å². The van der Waals surface area contributed by atoms with Crippen LogP contribution in [0.25, 0.3) is 0 Å². The molecule has 0 saturated carbocycles. The highest BCUT2D eigenvalue weighted by Crippen LogP contribution is 2.20. The van der Waals surface area contributed by atoms with Crippen LogP contribution in [0, 0.1) is 0 Å². The van der Waals surface area contributed by atoms with Crippen LogP contribution in [0.1, 0.15) is 4.88 Å². The van der Waals surface area contributed by atoms with Gasteiger partial charge in [-0.05, 0) is 12.1 Å². The molecule has 7 nitrogen and oxygen atoms in total. The van der Waals surface area contributed by atoms with Gasteiger partial charge in [0.25, 0.3) is 0 Å². The fraction of sp³-hybridized carbons (Fsp3) is 0.385. The van der Waals surface area contributed by atoms with Crippen molar-refractivity contribution in [3.8, 4) is 0 Å². The Morgan fingerprint density at radius 1 is 1.22 bits per heavy atom. The second-order valence-corrected chi connectivity index (χ2v) is 8.12. The number of rotatable bonds is 4. The first-order valence-electron chi connectivity index (χ1n) is 6.88. The van der Waals surface area contributed by atoms with Gasteiger partial charge in [0.1, 0.15) is 4.90 Å². The van der Waals surface area contributed by atoms with Gasteiger partial charge in [0.2, 0.25) is 10.0 Å². The fourth-order valence-electron chi connectivity index (χ4n) is 2.39. The van der Waals surface area contributed by atoms with E-state index in [1.807, 2.05) is 0 Å². The Morgan fingerprint density at radius 3 is 2.52 bits per heavy atom. The highest BCUT2D eigenvalue weighted by molar-refractivity contribution is 7.89. The zero-order chi connectivity index (χ0) is 15.6. The first-order valence-corrected chi connectivity index (χ1v) is 9.14. The van der Waals surface area contributed by atoms with Crippen LogP contribution in [0.4, 0.5) is 5.13 Å². The van der Waals surface area contributed by atoms with E-state index in [4.69, 9.17) is 5.73 Å². The number of nitrogen functional groups attached to an aromatic ring is 1. The Kier molecular flexibility index (Phi) is 5.93. The van der Waals surface area contributed by atoms with Crippen LogP contribution in [0.15, 0.2) is 35.6 Å². The summed E-state index contributed by atoms with van der Waals surface area (Å²) in [5.74, 6) is 0. The standard InChI is InChI=1S/C13H17N5O2S2.ClH/c14-13-16-8-11(21-13)10-17-4-6-18(7-5-17)22(19,20)12-2-1-3-15-9-12;/h1-3,8-9H,4-7,10H2,(H2,14,16);1H. The van der Waals surface area contributed by atoms with Gasteiger partial charge < -0.3 is 5.73 Å². The number of sulfonamides is 1. The van der Waals surface area contributed by atoms with Crippen molar-refractivity contribution < 1.29 is 8.42 Å². The lowest BCUT2D eigenvalue weighted by Gasteiger charge is -2.33. The lowest BCUT2D eigenvalue weighted by atomic mass is 10.3. The summed E-state index contributed by atoms with van der Waals surface area (Å²) in [6, 6.07) is 3.21. The Bertz CT molecular complexity index is 730. The summed E-state index contributed by atoms with van der Waals surface area (Å²) in [5.41, 5.74) is 5.62. The average Bonchev–Trinajstić information content (AvgIpc) is 2.94. The Hall–Kier alpha value is -1.26. The molecule has 1 fully saturated rings. The topological polar surface area (TPSA) is 92.4 Å². The van der Waals surface area contributed by atoms with Crippen LogP contribution in [-0.4, -0.2) is 53.8 Å². The summed E-state index contributed by atoms with van der Waals surface area (Å²) in [5, 5.41) is 0.563. The van der Waals surface area contributed by atoms with E-state index in [0.29, 0.717) is 31.3 Å². The zero-order valence-corrected chi connectivity index (χ0v) is 14.8. The maximum atomic E-state index is 12.5. The minimum absolute atomic E-state index is 0. The first-order chi connectivity index (χ1) is 10.6. The average molecular weight is 376 g/mol. The van der Waals surface area contributed by atoms with Gasteiger partial charge in [0.15, 0.2) is 5.13 Å². The van der Waals surface area contributed by atoms with Gasteiger partial charge in [0, 0.05) is 56.2 Å². The minimum atomic E-state index is -3.44. The molecule has 23 heavy (non-hydrogen) atoms. The molecule has 1 aliphatic heterocycles. The largest absolute Gasteiger partial charge is 0.375 e. The monoisotopic (exact) mass is 375 g/mol. The summed E-state index contributed by atoms with van der Waals surface area (Å²) in [4.78, 5) is 11.5. The molecule has 0 unspecified atom stereocenters. The van der Waals surface area contributed by atoms with Gasteiger partial charge in [-0.3, -0.25) is 9.88 Å². The van der Waals surface area contributed by atoms with Gasteiger partial charge in [0.05, 0.1) is 0 Å².